The summed E-state index contributed by atoms with van der Waals surface area (Å²) in [5, 5.41) is 9.06. The van der Waals surface area contributed by atoms with Crippen LogP contribution in [0, 0.1) is 5.82 Å². The van der Waals surface area contributed by atoms with Crippen LogP contribution < -0.4 is 0 Å². The SMILES string of the molecule is O=C(O)c1cccc(CN2CCOC(c3cccc(F)c3)C2)c1. The van der Waals surface area contributed by atoms with Crippen LogP contribution in [0.4, 0.5) is 4.39 Å². The maximum Gasteiger partial charge on any atom is 0.335 e. The molecule has 1 unspecified atom stereocenters. The van der Waals surface area contributed by atoms with Crippen molar-refractivity contribution in [1.29, 1.82) is 0 Å². The second-order valence-corrected chi connectivity index (χ2v) is 5.66. The lowest BCUT2D eigenvalue weighted by atomic mass is 10.1. The minimum atomic E-state index is -0.925. The smallest absolute Gasteiger partial charge is 0.335 e. The first-order valence-corrected chi connectivity index (χ1v) is 7.53. The molecule has 1 aliphatic heterocycles. The van der Waals surface area contributed by atoms with Gasteiger partial charge in [-0.1, -0.05) is 24.3 Å². The number of morpholine rings is 1. The van der Waals surface area contributed by atoms with E-state index in [1.807, 2.05) is 12.1 Å². The number of benzene rings is 2. The second-order valence-electron chi connectivity index (χ2n) is 5.66. The number of carboxylic acids is 1. The molecule has 0 aliphatic carbocycles. The number of ether oxygens (including phenoxy) is 1. The highest BCUT2D eigenvalue weighted by atomic mass is 19.1. The standard InChI is InChI=1S/C18H18FNO3/c19-16-6-2-4-14(10-16)17-12-20(7-8-23-17)11-13-3-1-5-15(9-13)18(21)22/h1-6,9-10,17H,7-8,11-12H2,(H,21,22). The summed E-state index contributed by atoms with van der Waals surface area (Å²) in [7, 11) is 0. The van der Waals surface area contributed by atoms with Crippen LogP contribution in [-0.4, -0.2) is 35.7 Å². The molecular weight excluding hydrogens is 297 g/mol. The molecule has 23 heavy (non-hydrogen) atoms. The highest BCUT2D eigenvalue weighted by Gasteiger charge is 2.22. The Morgan fingerprint density at radius 3 is 2.87 bits per heavy atom. The Morgan fingerprint density at radius 1 is 1.26 bits per heavy atom. The molecule has 1 N–H and O–H groups in total. The lowest BCUT2D eigenvalue weighted by Crippen LogP contribution is -2.37. The van der Waals surface area contributed by atoms with Gasteiger partial charge in [-0.3, -0.25) is 4.90 Å². The van der Waals surface area contributed by atoms with E-state index < -0.39 is 5.97 Å². The summed E-state index contributed by atoms with van der Waals surface area (Å²) in [4.78, 5) is 13.2. The number of carbonyl (C=O) groups is 1. The first-order chi connectivity index (χ1) is 11.1. The van der Waals surface area contributed by atoms with Crippen molar-refractivity contribution in [3.05, 3.63) is 71.0 Å². The molecule has 4 nitrogen and oxygen atoms in total. The first-order valence-electron chi connectivity index (χ1n) is 7.53. The van der Waals surface area contributed by atoms with Crippen molar-refractivity contribution in [2.75, 3.05) is 19.7 Å². The van der Waals surface area contributed by atoms with Gasteiger partial charge in [-0.15, -0.1) is 0 Å². The molecule has 2 aromatic rings. The molecular formula is C18H18FNO3. The van der Waals surface area contributed by atoms with Crippen LogP contribution in [0.25, 0.3) is 0 Å². The number of hydrogen-bond donors (Lipinski definition) is 1. The summed E-state index contributed by atoms with van der Waals surface area (Å²) >= 11 is 0. The molecule has 2 aromatic carbocycles. The Bertz CT molecular complexity index is 704. The zero-order valence-electron chi connectivity index (χ0n) is 12.6. The summed E-state index contributed by atoms with van der Waals surface area (Å²) in [6.07, 6.45) is -0.165. The maximum absolute atomic E-state index is 13.4. The van der Waals surface area contributed by atoms with Crippen molar-refractivity contribution in [3.8, 4) is 0 Å². The fraction of sp³-hybridized carbons (Fsp3) is 0.278. The fourth-order valence-electron chi connectivity index (χ4n) is 2.82. The van der Waals surface area contributed by atoms with Crippen molar-refractivity contribution >= 4 is 5.97 Å². The van der Waals surface area contributed by atoms with Crippen LogP contribution in [0.3, 0.4) is 0 Å². The van der Waals surface area contributed by atoms with Gasteiger partial charge in [0, 0.05) is 19.6 Å². The Labute approximate surface area is 134 Å². The van der Waals surface area contributed by atoms with E-state index in [-0.39, 0.29) is 17.5 Å². The first kappa shape index (κ1) is 15.6. The van der Waals surface area contributed by atoms with Gasteiger partial charge in [0.05, 0.1) is 18.3 Å². The quantitative estimate of drug-likeness (QED) is 0.942. The van der Waals surface area contributed by atoms with Crippen LogP contribution in [0.5, 0.6) is 0 Å². The molecule has 0 aromatic heterocycles. The molecule has 1 fully saturated rings. The molecule has 3 rings (SSSR count). The van der Waals surface area contributed by atoms with E-state index in [1.54, 1.807) is 24.3 Å². The molecule has 1 atom stereocenters. The zero-order chi connectivity index (χ0) is 16.2. The van der Waals surface area contributed by atoms with Gasteiger partial charge in [0.15, 0.2) is 0 Å². The largest absolute Gasteiger partial charge is 0.478 e. The van der Waals surface area contributed by atoms with E-state index in [1.165, 1.54) is 12.1 Å². The minimum absolute atomic E-state index is 0.165. The number of rotatable bonds is 4. The van der Waals surface area contributed by atoms with E-state index in [0.717, 1.165) is 17.7 Å². The van der Waals surface area contributed by atoms with Crippen molar-refractivity contribution in [2.45, 2.75) is 12.6 Å². The third-order valence-corrected chi connectivity index (χ3v) is 3.95. The molecule has 0 bridgehead atoms. The highest BCUT2D eigenvalue weighted by Crippen LogP contribution is 2.24. The van der Waals surface area contributed by atoms with E-state index in [0.29, 0.717) is 19.7 Å². The summed E-state index contributed by atoms with van der Waals surface area (Å²) in [5.41, 5.74) is 2.07. The molecule has 0 saturated carbocycles. The predicted molar refractivity (Wildman–Crippen MR) is 83.8 cm³/mol. The van der Waals surface area contributed by atoms with Crippen LogP contribution in [0.2, 0.25) is 0 Å². The van der Waals surface area contributed by atoms with Gasteiger partial charge in [0.1, 0.15) is 5.82 Å². The molecule has 120 valence electrons. The van der Waals surface area contributed by atoms with E-state index in [4.69, 9.17) is 9.84 Å². The van der Waals surface area contributed by atoms with Gasteiger partial charge in [0.25, 0.3) is 0 Å². The summed E-state index contributed by atoms with van der Waals surface area (Å²) in [6, 6.07) is 13.4. The van der Waals surface area contributed by atoms with Crippen molar-refractivity contribution < 1.29 is 19.0 Å². The van der Waals surface area contributed by atoms with Crippen molar-refractivity contribution in [1.82, 2.24) is 4.90 Å². The lowest BCUT2D eigenvalue weighted by molar-refractivity contribution is -0.0330. The molecule has 0 spiro atoms. The van der Waals surface area contributed by atoms with Gasteiger partial charge >= 0.3 is 5.97 Å². The van der Waals surface area contributed by atoms with E-state index in [9.17, 15) is 9.18 Å². The third kappa shape index (κ3) is 3.94. The average molecular weight is 315 g/mol. The topological polar surface area (TPSA) is 49.8 Å². The van der Waals surface area contributed by atoms with Crippen molar-refractivity contribution in [2.24, 2.45) is 0 Å². The molecule has 1 saturated heterocycles. The number of aromatic carboxylic acids is 1. The molecule has 1 heterocycles. The van der Waals surface area contributed by atoms with Crippen LogP contribution in [0.15, 0.2) is 48.5 Å². The Kier molecular flexibility index (Phi) is 4.69. The Balaban J connectivity index is 1.69. The monoisotopic (exact) mass is 315 g/mol. The number of hydrogen-bond acceptors (Lipinski definition) is 3. The predicted octanol–water partition coefficient (Wildman–Crippen LogP) is 3.10. The van der Waals surface area contributed by atoms with Gasteiger partial charge in [-0.25, -0.2) is 9.18 Å². The van der Waals surface area contributed by atoms with Gasteiger partial charge in [0.2, 0.25) is 0 Å². The van der Waals surface area contributed by atoms with E-state index >= 15 is 0 Å². The van der Waals surface area contributed by atoms with Crippen LogP contribution in [-0.2, 0) is 11.3 Å². The van der Waals surface area contributed by atoms with Gasteiger partial charge < -0.3 is 9.84 Å². The number of nitrogens with zero attached hydrogens (tertiary/aromatic N) is 1. The molecule has 0 radical (unpaired) electrons. The molecule has 0 amide bonds. The van der Waals surface area contributed by atoms with Gasteiger partial charge in [-0.2, -0.15) is 0 Å². The summed E-state index contributed by atoms with van der Waals surface area (Å²) in [6.45, 7) is 2.64. The maximum atomic E-state index is 13.4. The summed E-state index contributed by atoms with van der Waals surface area (Å²) < 4.78 is 19.1. The Hall–Kier alpha value is -2.24. The van der Waals surface area contributed by atoms with Crippen LogP contribution in [0.1, 0.15) is 27.6 Å². The number of carboxylic acid groups (broad SMARTS) is 1. The zero-order valence-corrected chi connectivity index (χ0v) is 12.6. The van der Waals surface area contributed by atoms with Crippen LogP contribution >= 0.6 is 0 Å². The lowest BCUT2D eigenvalue weighted by Gasteiger charge is -2.33. The fourth-order valence-corrected chi connectivity index (χ4v) is 2.82. The normalized spacial score (nSPS) is 18.7. The second kappa shape index (κ2) is 6.89. The number of halogens is 1. The highest BCUT2D eigenvalue weighted by molar-refractivity contribution is 5.87. The average Bonchev–Trinajstić information content (AvgIpc) is 2.55. The third-order valence-electron chi connectivity index (χ3n) is 3.95. The summed E-state index contributed by atoms with van der Waals surface area (Å²) in [5.74, 6) is -1.19. The molecule has 1 aliphatic rings. The Morgan fingerprint density at radius 2 is 2.09 bits per heavy atom. The molecule has 5 heteroatoms. The van der Waals surface area contributed by atoms with Gasteiger partial charge in [-0.05, 0) is 35.4 Å². The minimum Gasteiger partial charge on any atom is -0.478 e. The van der Waals surface area contributed by atoms with E-state index in [2.05, 4.69) is 4.90 Å². The van der Waals surface area contributed by atoms with Crippen molar-refractivity contribution in [3.63, 3.8) is 0 Å².